The molecule has 0 aliphatic carbocycles. The number of halogens is 1. The summed E-state index contributed by atoms with van der Waals surface area (Å²) >= 11 is 1.49. The normalized spacial score (nSPS) is 11.9. The number of nitrogens with zero attached hydrogens (tertiary/aromatic N) is 1. The van der Waals surface area contributed by atoms with Crippen LogP contribution in [0.4, 0.5) is 0 Å². The van der Waals surface area contributed by atoms with Crippen LogP contribution in [0.5, 0.6) is 0 Å². The van der Waals surface area contributed by atoms with Crippen molar-refractivity contribution < 1.29 is 8.42 Å². The second-order valence-electron chi connectivity index (χ2n) is 3.87. The molecule has 2 rings (SSSR count). The Morgan fingerprint density at radius 1 is 1.33 bits per heavy atom. The summed E-state index contributed by atoms with van der Waals surface area (Å²) in [6.07, 6.45) is 0. The van der Waals surface area contributed by atoms with E-state index in [4.69, 9.17) is 10.7 Å². The maximum Gasteiger partial charge on any atom is 0.233 e. The topological polar surface area (TPSA) is 47.0 Å². The molecule has 0 radical (unpaired) electrons. The number of para-hydroxylation sites is 1. The van der Waals surface area contributed by atoms with Crippen molar-refractivity contribution in [1.82, 2.24) is 4.98 Å². The van der Waals surface area contributed by atoms with Crippen LogP contribution in [-0.2, 0) is 9.05 Å². The standard InChI is InChI=1S/C12H12ClNO2S2/c1-9-8-12(17-6-7-18(13,15)16)10-4-2-3-5-11(10)14-9/h2-5,8H,6-7H2,1H3. The van der Waals surface area contributed by atoms with Gasteiger partial charge in [-0.3, -0.25) is 4.98 Å². The predicted octanol–water partition coefficient (Wildman–Crippen LogP) is 3.20. The van der Waals surface area contributed by atoms with E-state index in [1.54, 1.807) is 0 Å². The number of thioether (sulfide) groups is 1. The lowest BCUT2D eigenvalue weighted by atomic mass is 10.2. The molecule has 6 heteroatoms. The highest BCUT2D eigenvalue weighted by Crippen LogP contribution is 2.27. The third kappa shape index (κ3) is 3.60. The average molecular weight is 302 g/mol. The zero-order valence-corrected chi connectivity index (χ0v) is 12.1. The van der Waals surface area contributed by atoms with E-state index >= 15 is 0 Å². The number of pyridine rings is 1. The van der Waals surface area contributed by atoms with Crippen molar-refractivity contribution in [2.24, 2.45) is 0 Å². The van der Waals surface area contributed by atoms with E-state index in [-0.39, 0.29) is 5.75 Å². The van der Waals surface area contributed by atoms with Gasteiger partial charge in [0.1, 0.15) is 0 Å². The quantitative estimate of drug-likeness (QED) is 0.643. The summed E-state index contributed by atoms with van der Waals surface area (Å²) in [5.74, 6) is 0.411. The molecule has 0 unspecified atom stereocenters. The molecule has 3 nitrogen and oxygen atoms in total. The van der Waals surface area contributed by atoms with Crippen LogP contribution in [0.1, 0.15) is 5.69 Å². The molecule has 1 aromatic heterocycles. The van der Waals surface area contributed by atoms with E-state index in [2.05, 4.69) is 4.98 Å². The molecule has 1 heterocycles. The highest BCUT2D eigenvalue weighted by atomic mass is 35.7. The molecule has 0 saturated heterocycles. The van der Waals surface area contributed by atoms with Crippen molar-refractivity contribution >= 4 is 42.4 Å². The Morgan fingerprint density at radius 3 is 2.78 bits per heavy atom. The highest BCUT2D eigenvalue weighted by molar-refractivity contribution is 8.14. The van der Waals surface area contributed by atoms with Crippen LogP contribution >= 0.6 is 22.4 Å². The van der Waals surface area contributed by atoms with Crippen molar-refractivity contribution in [2.45, 2.75) is 11.8 Å². The number of aryl methyl sites for hydroxylation is 1. The average Bonchev–Trinajstić information content (AvgIpc) is 2.27. The Hall–Kier alpha value is -0.780. The van der Waals surface area contributed by atoms with Gasteiger partial charge < -0.3 is 0 Å². The SMILES string of the molecule is Cc1cc(SCCS(=O)(=O)Cl)c2ccccc2n1. The minimum absolute atomic E-state index is 0.0328. The molecule has 0 amide bonds. The van der Waals surface area contributed by atoms with Gasteiger partial charge in [-0.1, -0.05) is 18.2 Å². The molecule has 0 bridgehead atoms. The zero-order chi connectivity index (χ0) is 13.2. The highest BCUT2D eigenvalue weighted by Gasteiger charge is 2.08. The van der Waals surface area contributed by atoms with Gasteiger partial charge >= 0.3 is 0 Å². The molecule has 0 aliphatic rings. The monoisotopic (exact) mass is 301 g/mol. The lowest BCUT2D eigenvalue weighted by Gasteiger charge is -2.06. The molecule has 0 aliphatic heterocycles. The second kappa shape index (κ2) is 5.47. The molecule has 0 fully saturated rings. The van der Waals surface area contributed by atoms with Crippen molar-refractivity contribution in [3.8, 4) is 0 Å². The molecular weight excluding hydrogens is 290 g/mol. The smallest absolute Gasteiger partial charge is 0.233 e. The lowest BCUT2D eigenvalue weighted by Crippen LogP contribution is -1.99. The number of aromatic nitrogens is 1. The summed E-state index contributed by atoms with van der Waals surface area (Å²) in [6, 6.07) is 9.78. The second-order valence-corrected chi connectivity index (χ2v) is 7.90. The summed E-state index contributed by atoms with van der Waals surface area (Å²) < 4.78 is 21.8. The van der Waals surface area contributed by atoms with E-state index in [1.807, 2.05) is 37.3 Å². The van der Waals surface area contributed by atoms with Gasteiger partial charge in [-0.05, 0) is 19.1 Å². The van der Waals surface area contributed by atoms with Crippen LogP contribution in [0.15, 0.2) is 35.2 Å². The fourth-order valence-corrected chi connectivity index (χ4v) is 4.14. The fourth-order valence-electron chi connectivity index (χ4n) is 1.64. The number of benzene rings is 1. The Bertz CT molecular complexity index is 671. The summed E-state index contributed by atoms with van der Waals surface area (Å²) in [5.41, 5.74) is 1.85. The number of fused-ring (bicyclic) bond motifs is 1. The molecule has 0 atom stereocenters. The number of hydrogen-bond donors (Lipinski definition) is 0. The molecular formula is C12H12ClNO2S2. The summed E-state index contributed by atoms with van der Waals surface area (Å²) in [7, 11) is 1.77. The first-order valence-corrected chi connectivity index (χ1v) is 8.84. The third-order valence-electron chi connectivity index (χ3n) is 2.39. The largest absolute Gasteiger partial charge is 0.253 e. The van der Waals surface area contributed by atoms with Gasteiger partial charge in [-0.2, -0.15) is 0 Å². The lowest BCUT2D eigenvalue weighted by molar-refractivity contribution is 0.611. The van der Waals surface area contributed by atoms with E-state index in [0.29, 0.717) is 5.75 Å². The van der Waals surface area contributed by atoms with E-state index in [0.717, 1.165) is 21.5 Å². The maximum absolute atomic E-state index is 10.9. The van der Waals surface area contributed by atoms with Gasteiger partial charge in [0.05, 0.1) is 11.3 Å². The molecule has 18 heavy (non-hydrogen) atoms. The van der Waals surface area contributed by atoms with Crippen LogP contribution in [0, 0.1) is 6.92 Å². The van der Waals surface area contributed by atoms with Crippen LogP contribution in [0.3, 0.4) is 0 Å². The minimum Gasteiger partial charge on any atom is -0.253 e. The number of rotatable bonds is 4. The summed E-state index contributed by atoms with van der Waals surface area (Å²) in [5, 5.41) is 1.04. The molecule has 2 aromatic rings. The maximum atomic E-state index is 10.9. The predicted molar refractivity (Wildman–Crippen MR) is 76.8 cm³/mol. The van der Waals surface area contributed by atoms with Gasteiger partial charge in [0.2, 0.25) is 9.05 Å². The fraction of sp³-hybridized carbons (Fsp3) is 0.250. The van der Waals surface area contributed by atoms with Crippen LogP contribution in [0.25, 0.3) is 10.9 Å². The first-order chi connectivity index (χ1) is 8.46. The zero-order valence-electron chi connectivity index (χ0n) is 9.76. The first kappa shape index (κ1) is 13.6. The van der Waals surface area contributed by atoms with Crippen LogP contribution in [-0.4, -0.2) is 24.9 Å². The van der Waals surface area contributed by atoms with E-state index in [9.17, 15) is 8.42 Å². The van der Waals surface area contributed by atoms with Gasteiger partial charge in [-0.15, -0.1) is 11.8 Å². The minimum atomic E-state index is -3.42. The summed E-state index contributed by atoms with van der Waals surface area (Å²) in [6.45, 7) is 1.93. The summed E-state index contributed by atoms with van der Waals surface area (Å²) in [4.78, 5) is 5.48. The Kier molecular flexibility index (Phi) is 4.14. The molecule has 96 valence electrons. The third-order valence-corrected chi connectivity index (χ3v) is 4.86. The molecule has 0 saturated carbocycles. The van der Waals surface area contributed by atoms with E-state index in [1.165, 1.54) is 11.8 Å². The molecule has 0 N–H and O–H groups in total. The van der Waals surface area contributed by atoms with Gasteiger partial charge in [-0.25, -0.2) is 8.42 Å². The van der Waals surface area contributed by atoms with Crippen molar-refractivity contribution in [1.29, 1.82) is 0 Å². The number of hydrogen-bond acceptors (Lipinski definition) is 4. The Morgan fingerprint density at radius 2 is 2.06 bits per heavy atom. The van der Waals surface area contributed by atoms with Gasteiger partial charge in [0, 0.05) is 32.4 Å². The van der Waals surface area contributed by atoms with Crippen LogP contribution < -0.4 is 0 Å². The Balaban J connectivity index is 2.27. The van der Waals surface area contributed by atoms with E-state index < -0.39 is 9.05 Å². The van der Waals surface area contributed by atoms with Crippen LogP contribution in [0.2, 0.25) is 0 Å². The van der Waals surface area contributed by atoms with Crippen molar-refractivity contribution in [2.75, 3.05) is 11.5 Å². The van der Waals surface area contributed by atoms with Crippen molar-refractivity contribution in [3.05, 3.63) is 36.0 Å². The Labute approximate surface area is 115 Å². The van der Waals surface area contributed by atoms with Gasteiger partial charge in [0.25, 0.3) is 0 Å². The molecule has 1 aromatic carbocycles. The molecule has 0 spiro atoms. The first-order valence-electron chi connectivity index (χ1n) is 5.37. The van der Waals surface area contributed by atoms with Crippen molar-refractivity contribution in [3.63, 3.8) is 0 Å². The van der Waals surface area contributed by atoms with Gasteiger partial charge in [0.15, 0.2) is 0 Å².